The molecule has 2 N–H and O–H groups in total. The molecule has 2 aromatic rings. The van der Waals surface area contributed by atoms with E-state index in [0.29, 0.717) is 22.7 Å². The number of rotatable bonds is 5. The number of carbonyl (C=O) groups excluding carboxylic acids is 2. The van der Waals surface area contributed by atoms with Crippen molar-refractivity contribution < 1.29 is 9.59 Å². The molecule has 4 rings (SSSR count). The molecule has 0 spiro atoms. The van der Waals surface area contributed by atoms with Crippen LogP contribution in [0, 0.1) is 6.92 Å². The minimum atomic E-state index is -0.143. The standard InChI is InChI=1S/C25H26N2O2S/c1-17-6-5-9-19(14-17)15-23-25(29)27-21-16-20(10-11-22(21)30-23)24(28)26-13-12-18-7-3-2-4-8-18/h5-7,9-11,14-16H,2-4,8,12-13H2,1H3,(H,26,28)(H,27,29). The van der Waals surface area contributed by atoms with Crippen LogP contribution < -0.4 is 10.6 Å². The lowest BCUT2D eigenvalue weighted by molar-refractivity contribution is -0.112. The molecule has 0 atom stereocenters. The second kappa shape index (κ2) is 9.35. The van der Waals surface area contributed by atoms with Gasteiger partial charge < -0.3 is 10.6 Å². The van der Waals surface area contributed by atoms with Gasteiger partial charge in [0.1, 0.15) is 0 Å². The first-order valence-electron chi connectivity index (χ1n) is 10.5. The van der Waals surface area contributed by atoms with Crippen LogP contribution in [0.1, 0.15) is 53.6 Å². The highest BCUT2D eigenvalue weighted by molar-refractivity contribution is 8.04. The predicted octanol–water partition coefficient (Wildman–Crippen LogP) is 5.70. The third-order valence-electron chi connectivity index (χ3n) is 5.39. The van der Waals surface area contributed by atoms with Gasteiger partial charge in [0.15, 0.2) is 0 Å². The summed E-state index contributed by atoms with van der Waals surface area (Å²) >= 11 is 1.43. The first-order chi connectivity index (χ1) is 14.6. The Morgan fingerprint density at radius 3 is 2.90 bits per heavy atom. The highest BCUT2D eigenvalue weighted by atomic mass is 32.2. The molecule has 1 aliphatic carbocycles. The second-order valence-corrected chi connectivity index (χ2v) is 8.89. The van der Waals surface area contributed by atoms with E-state index in [2.05, 4.69) is 16.7 Å². The average Bonchev–Trinajstić information content (AvgIpc) is 2.75. The summed E-state index contributed by atoms with van der Waals surface area (Å²) in [5.74, 6) is -0.245. The van der Waals surface area contributed by atoms with Crippen molar-refractivity contribution in [3.05, 3.63) is 75.7 Å². The maximum atomic E-state index is 12.6. The number of anilines is 1. The topological polar surface area (TPSA) is 58.2 Å². The maximum Gasteiger partial charge on any atom is 0.262 e. The third-order valence-corrected chi connectivity index (χ3v) is 6.49. The fraction of sp³-hybridized carbons (Fsp3) is 0.280. The zero-order chi connectivity index (χ0) is 20.9. The van der Waals surface area contributed by atoms with E-state index in [1.807, 2.05) is 49.4 Å². The van der Waals surface area contributed by atoms with E-state index in [4.69, 9.17) is 0 Å². The summed E-state index contributed by atoms with van der Waals surface area (Å²) in [7, 11) is 0. The molecule has 2 aliphatic rings. The molecule has 0 saturated heterocycles. The van der Waals surface area contributed by atoms with Gasteiger partial charge in [0.25, 0.3) is 11.8 Å². The summed E-state index contributed by atoms with van der Waals surface area (Å²) in [6.45, 7) is 2.68. The van der Waals surface area contributed by atoms with E-state index in [9.17, 15) is 9.59 Å². The molecule has 4 nitrogen and oxygen atoms in total. The van der Waals surface area contributed by atoms with Crippen molar-refractivity contribution >= 4 is 35.3 Å². The fourth-order valence-electron chi connectivity index (χ4n) is 3.78. The lowest BCUT2D eigenvalue weighted by atomic mass is 9.97. The third kappa shape index (κ3) is 5.03. The van der Waals surface area contributed by atoms with Gasteiger partial charge in [0.05, 0.1) is 10.6 Å². The first kappa shape index (κ1) is 20.5. The molecule has 30 heavy (non-hydrogen) atoms. The van der Waals surface area contributed by atoms with Crippen LogP contribution in [0.3, 0.4) is 0 Å². The Bertz CT molecular complexity index is 1040. The van der Waals surface area contributed by atoms with Gasteiger partial charge >= 0.3 is 0 Å². The molecule has 2 amide bonds. The summed E-state index contributed by atoms with van der Waals surface area (Å²) in [5.41, 5.74) is 4.86. The number of hydrogen-bond acceptors (Lipinski definition) is 3. The number of amides is 2. The molecular formula is C25H26N2O2S. The number of aryl methyl sites for hydroxylation is 1. The van der Waals surface area contributed by atoms with Crippen molar-refractivity contribution in [1.29, 1.82) is 0 Å². The molecule has 0 saturated carbocycles. The van der Waals surface area contributed by atoms with Crippen LogP contribution in [0.4, 0.5) is 5.69 Å². The minimum absolute atomic E-state index is 0.102. The zero-order valence-corrected chi connectivity index (χ0v) is 18.0. The normalized spacial score (nSPS) is 17.2. The maximum absolute atomic E-state index is 12.6. The van der Waals surface area contributed by atoms with Gasteiger partial charge in [0.2, 0.25) is 0 Å². The summed E-state index contributed by atoms with van der Waals surface area (Å²) in [4.78, 5) is 26.7. The lowest BCUT2D eigenvalue weighted by Gasteiger charge is -2.19. The lowest BCUT2D eigenvalue weighted by Crippen LogP contribution is -2.25. The van der Waals surface area contributed by atoms with E-state index in [0.717, 1.165) is 35.3 Å². The number of allylic oxidation sites excluding steroid dienone is 1. The molecule has 0 unspecified atom stereocenters. The largest absolute Gasteiger partial charge is 0.352 e. The van der Waals surface area contributed by atoms with Crippen LogP contribution in [0.25, 0.3) is 6.08 Å². The minimum Gasteiger partial charge on any atom is -0.352 e. The van der Waals surface area contributed by atoms with Gasteiger partial charge in [-0.3, -0.25) is 9.59 Å². The monoisotopic (exact) mass is 418 g/mol. The van der Waals surface area contributed by atoms with Crippen LogP contribution in [0.2, 0.25) is 0 Å². The van der Waals surface area contributed by atoms with Gasteiger partial charge in [-0.15, -0.1) is 0 Å². The van der Waals surface area contributed by atoms with Crippen LogP contribution >= 0.6 is 11.8 Å². The fourth-order valence-corrected chi connectivity index (χ4v) is 4.71. The number of carbonyl (C=O) groups is 2. The zero-order valence-electron chi connectivity index (χ0n) is 17.2. The number of hydrogen-bond donors (Lipinski definition) is 2. The summed E-state index contributed by atoms with van der Waals surface area (Å²) < 4.78 is 0. The molecule has 1 heterocycles. The van der Waals surface area contributed by atoms with Crippen molar-refractivity contribution in [2.45, 2.75) is 43.9 Å². The Balaban J connectivity index is 1.41. The molecular weight excluding hydrogens is 392 g/mol. The smallest absolute Gasteiger partial charge is 0.262 e. The Hall–Kier alpha value is -2.79. The first-order valence-corrected chi connectivity index (χ1v) is 11.3. The molecule has 0 bridgehead atoms. The van der Waals surface area contributed by atoms with E-state index in [1.165, 1.54) is 30.2 Å². The Labute approximate surface area is 181 Å². The van der Waals surface area contributed by atoms with Gasteiger partial charge in [-0.1, -0.05) is 53.2 Å². The van der Waals surface area contributed by atoms with Crippen LogP contribution in [-0.4, -0.2) is 18.4 Å². The molecule has 2 aromatic carbocycles. The Morgan fingerprint density at radius 2 is 2.10 bits per heavy atom. The van der Waals surface area contributed by atoms with Crippen molar-refractivity contribution in [3.8, 4) is 0 Å². The van der Waals surface area contributed by atoms with Crippen LogP contribution in [-0.2, 0) is 4.79 Å². The quantitative estimate of drug-likeness (QED) is 0.484. The molecule has 0 radical (unpaired) electrons. The summed E-state index contributed by atoms with van der Waals surface area (Å²) in [6, 6.07) is 13.5. The Morgan fingerprint density at radius 1 is 1.20 bits per heavy atom. The molecule has 5 heteroatoms. The van der Waals surface area contributed by atoms with Crippen LogP contribution in [0.15, 0.2) is 63.9 Å². The van der Waals surface area contributed by atoms with Crippen molar-refractivity contribution in [3.63, 3.8) is 0 Å². The van der Waals surface area contributed by atoms with Crippen molar-refractivity contribution in [2.75, 3.05) is 11.9 Å². The summed E-state index contributed by atoms with van der Waals surface area (Å²) in [5, 5.41) is 5.93. The van der Waals surface area contributed by atoms with Gasteiger partial charge in [-0.05, 0) is 68.9 Å². The highest BCUT2D eigenvalue weighted by Crippen LogP contribution is 2.39. The number of thioether (sulfide) groups is 1. The van der Waals surface area contributed by atoms with E-state index < -0.39 is 0 Å². The number of nitrogens with one attached hydrogen (secondary N) is 2. The van der Waals surface area contributed by atoms with Crippen molar-refractivity contribution in [1.82, 2.24) is 5.32 Å². The summed E-state index contributed by atoms with van der Waals surface area (Å²) in [6.07, 6.45) is 9.96. The molecule has 0 aromatic heterocycles. The number of benzene rings is 2. The van der Waals surface area contributed by atoms with Crippen molar-refractivity contribution in [2.24, 2.45) is 0 Å². The molecule has 1 aliphatic heterocycles. The average molecular weight is 419 g/mol. The van der Waals surface area contributed by atoms with E-state index in [1.54, 1.807) is 6.07 Å². The van der Waals surface area contributed by atoms with E-state index in [-0.39, 0.29) is 11.8 Å². The molecule has 154 valence electrons. The SMILES string of the molecule is Cc1cccc(C=C2Sc3ccc(C(=O)NCCC4=CCCCC4)cc3NC2=O)c1. The van der Waals surface area contributed by atoms with Gasteiger partial charge in [-0.25, -0.2) is 0 Å². The second-order valence-electron chi connectivity index (χ2n) is 7.80. The molecule has 0 fully saturated rings. The predicted molar refractivity (Wildman–Crippen MR) is 124 cm³/mol. The Kier molecular flexibility index (Phi) is 6.38. The van der Waals surface area contributed by atoms with Crippen LogP contribution in [0.5, 0.6) is 0 Å². The van der Waals surface area contributed by atoms with Gasteiger partial charge in [-0.2, -0.15) is 0 Å². The highest BCUT2D eigenvalue weighted by Gasteiger charge is 2.22. The van der Waals surface area contributed by atoms with Gasteiger partial charge in [0, 0.05) is 17.0 Å². The van der Waals surface area contributed by atoms with E-state index >= 15 is 0 Å². The number of fused-ring (bicyclic) bond motifs is 1.